The first-order chi connectivity index (χ1) is 9.34. The Balaban J connectivity index is 1.63. The zero-order chi connectivity index (χ0) is 12.8. The summed E-state index contributed by atoms with van der Waals surface area (Å²) in [6.45, 7) is 1.74. The number of nitrogens with one attached hydrogen (secondary N) is 1. The summed E-state index contributed by atoms with van der Waals surface area (Å²) in [5.74, 6) is 0.622. The van der Waals surface area contributed by atoms with Gasteiger partial charge in [-0.05, 0) is 36.8 Å². The number of carbonyl (C=O) groups excluding carboxylic acids is 1. The van der Waals surface area contributed by atoms with Crippen molar-refractivity contribution in [2.75, 3.05) is 13.1 Å². The number of hydrogen-bond donors (Lipinski definition) is 1. The van der Waals surface area contributed by atoms with Crippen molar-refractivity contribution in [1.29, 1.82) is 0 Å². The smallest absolute Gasteiger partial charge is 0.229 e. The lowest BCUT2D eigenvalue weighted by Gasteiger charge is -2.36. The van der Waals surface area contributed by atoms with Gasteiger partial charge in [-0.3, -0.25) is 4.79 Å². The Morgan fingerprint density at radius 3 is 2.63 bits per heavy atom. The predicted molar refractivity (Wildman–Crippen MR) is 73.7 cm³/mol. The van der Waals surface area contributed by atoms with Gasteiger partial charge < -0.3 is 10.2 Å². The standard InChI is InChI=1S/C16H20N2O/c19-16(12-9-17-10-12)18(13-6-7-13)15-8-5-11-3-1-2-4-14(11)15/h1-4,12-13,15,17H,5-10H2. The Hall–Kier alpha value is -1.35. The summed E-state index contributed by atoms with van der Waals surface area (Å²) < 4.78 is 0. The van der Waals surface area contributed by atoms with Crippen molar-refractivity contribution in [1.82, 2.24) is 10.2 Å². The average molecular weight is 256 g/mol. The third kappa shape index (κ3) is 1.88. The van der Waals surface area contributed by atoms with Crippen molar-refractivity contribution < 1.29 is 4.79 Å². The molecule has 3 nitrogen and oxygen atoms in total. The molecule has 3 heteroatoms. The van der Waals surface area contributed by atoms with Crippen LogP contribution in [0.3, 0.4) is 0 Å². The topological polar surface area (TPSA) is 32.3 Å². The number of hydrogen-bond acceptors (Lipinski definition) is 2. The molecular weight excluding hydrogens is 236 g/mol. The highest BCUT2D eigenvalue weighted by Crippen LogP contribution is 2.42. The summed E-state index contributed by atoms with van der Waals surface area (Å²) in [5, 5.41) is 3.22. The second-order valence-electron chi connectivity index (χ2n) is 6.09. The van der Waals surface area contributed by atoms with Crippen LogP contribution in [0.1, 0.15) is 36.4 Å². The van der Waals surface area contributed by atoms with Crippen molar-refractivity contribution in [2.45, 2.75) is 37.8 Å². The summed E-state index contributed by atoms with van der Waals surface area (Å²) in [6.07, 6.45) is 4.64. The Labute approximate surface area is 114 Å². The molecule has 1 unspecified atom stereocenters. The molecule has 1 atom stereocenters. The third-order valence-corrected chi connectivity index (χ3v) is 4.76. The predicted octanol–water partition coefficient (Wildman–Crippen LogP) is 1.88. The maximum atomic E-state index is 12.7. The molecule has 19 heavy (non-hydrogen) atoms. The highest BCUT2D eigenvalue weighted by Gasteiger charge is 2.43. The average Bonchev–Trinajstić information content (AvgIpc) is 3.09. The van der Waals surface area contributed by atoms with Crippen LogP contribution in [0.5, 0.6) is 0 Å². The molecule has 1 saturated heterocycles. The highest BCUT2D eigenvalue weighted by molar-refractivity contribution is 5.81. The molecule has 1 aliphatic heterocycles. The van der Waals surface area contributed by atoms with Crippen LogP contribution in [0, 0.1) is 5.92 Å². The molecule has 1 aromatic carbocycles. The van der Waals surface area contributed by atoms with Gasteiger partial charge in [0.2, 0.25) is 5.91 Å². The van der Waals surface area contributed by atoms with E-state index in [1.54, 1.807) is 0 Å². The van der Waals surface area contributed by atoms with E-state index in [1.807, 2.05) is 0 Å². The minimum Gasteiger partial charge on any atom is -0.332 e. The van der Waals surface area contributed by atoms with Crippen LogP contribution in [0.2, 0.25) is 0 Å². The van der Waals surface area contributed by atoms with E-state index in [2.05, 4.69) is 34.5 Å². The van der Waals surface area contributed by atoms with Crippen LogP contribution in [0.4, 0.5) is 0 Å². The lowest BCUT2D eigenvalue weighted by Crippen LogP contribution is -2.53. The first kappa shape index (κ1) is 11.5. The minimum atomic E-state index is 0.230. The first-order valence-electron chi connectivity index (χ1n) is 7.45. The van der Waals surface area contributed by atoms with E-state index in [4.69, 9.17) is 0 Å². The molecule has 1 N–H and O–H groups in total. The Bertz CT molecular complexity index is 505. The zero-order valence-electron chi connectivity index (χ0n) is 11.1. The van der Waals surface area contributed by atoms with Crippen LogP contribution < -0.4 is 5.32 Å². The number of carbonyl (C=O) groups is 1. The summed E-state index contributed by atoms with van der Waals surface area (Å²) in [7, 11) is 0. The van der Waals surface area contributed by atoms with E-state index in [9.17, 15) is 4.79 Å². The molecule has 1 saturated carbocycles. The molecule has 0 aromatic heterocycles. The van der Waals surface area contributed by atoms with Crippen molar-refractivity contribution in [3.8, 4) is 0 Å². The minimum absolute atomic E-state index is 0.230. The molecule has 0 bridgehead atoms. The van der Waals surface area contributed by atoms with Gasteiger partial charge in [0.05, 0.1) is 12.0 Å². The summed E-state index contributed by atoms with van der Waals surface area (Å²) in [6, 6.07) is 9.52. The monoisotopic (exact) mass is 256 g/mol. The van der Waals surface area contributed by atoms with Gasteiger partial charge in [-0.2, -0.15) is 0 Å². The Morgan fingerprint density at radius 2 is 1.95 bits per heavy atom. The molecule has 2 fully saturated rings. The van der Waals surface area contributed by atoms with Gasteiger partial charge >= 0.3 is 0 Å². The highest BCUT2D eigenvalue weighted by atomic mass is 16.2. The normalized spacial score (nSPS) is 25.8. The van der Waals surface area contributed by atoms with Gasteiger partial charge in [0.1, 0.15) is 0 Å². The molecule has 1 amide bonds. The third-order valence-electron chi connectivity index (χ3n) is 4.76. The molecule has 0 spiro atoms. The van der Waals surface area contributed by atoms with E-state index in [0.717, 1.165) is 25.9 Å². The summed E-state index contributed by atoms with van der Waals surface area (Å²) >= 11 is 0. The fourth-order valence-corrected chi connectivity index (χ4v) is 3.44. The number of benzene rings is 1. The van der Waals surface area contributed by atoms with E-state index >= 15 is 0 Å². The molecule has 4 rings (SSSR count). The van der Waals surface area contributed by atoms with Crippen molar-refractivity contribution in [2.24, 2.45) is 5.92 Å². The zero-order valence-corrected chi connectivity index (χ0v) is 11.1. The van der Waals surface area contributed by atoms with Gasteiger partial charge in [-0.15, -0.1) is 0 Å². The quantitative estimate of drug-likeness (QED) is 0.895. The van der Waals surface area contributed by atoms with Crippen LogP contribution in [0.15, 0.2) is 24.3 Å². The van der Waals surface area contributed by atoms with Gasteiger partial charge in [-0.25, -0.2) is 0 Å². The Kier molecular flexibility index (Phi) is 2.62. The lowest BCUT2D eigenvalue weighted by atomic mass is 9.99. The molecule has 1 heterocycles. The molecule has 3 aliphatic rings. The first-order valence-corrected chi connectivity index (χ1v) is 7.45. The summed E-state index contributed by atoms with van der Waals surface area (Å²) in [5.41, 5.74) is 2.84. The van der Waals surface area contributed by atoms with Crippen LogP contribution in [-0.4, -0.2) is 29.9 Å². The van der Waals surface area contributed by atoms with Gasteiger partial charge in [0.25, 0.3) is 0 Å². The van der Waals surface area contributed by atoms with E-state index < -0.39 is 0 Å². The number of fused-ring (bicyclic) bond motifs is 1. The number of rotatable bonds is 3. The largest absolute Gasteiger partial charge is 0.332 e. The Morgan fingerprint density at radius 1 is 1.16 bits per heavy atom. The van der Waals surface area contributed by atoms with Crippen LogP contribution >= 0.6 is 0 Å². The second kappa shape index (κ2) is 4.34. The number of nitrogens with zero attached hydrogens (tertiary/aromatic N) is 1. The SMILES string of the molecule is O=C(C1CNC1)N(C1CC1)C1CCc2ccccc21. The number of aryl methyl sites for hydroxylation is 1. The van der Waals surface area contributed by atoms with Crippen molar-refractivity contribution >= 4 is 5.91 Å². The molecule has 2 aliphatic carbocycles. The number of amides is 1. The van der Waals surface area contributed by atoms with Crippen LogP contribution in [-0.2, 0) is 11.2 Å². The summed E-state index contributed by atoms with van der Waals surface area (Å²) in [4.78, 5) is 14.9. The van der Waals surface area contributed by atoms with E-state index in [-0.39, 0.29) is 5.92 Å². The molecule has 1 aromatic rings. The fraction of sp³-hybridized carbons (Fsp3) is 0.562. The molecule has 0 radical (unpaired) electrons. The second-order valence-corrected chi connectivity index (χ2v) is 6.09. The van der Waals surface area contributed by atoms with Crippen molar-refractivity contribution in [3.05, 3.63) is 35.4 Å². The van der Waals surface area contributed by atoms with Crippen molar-refractivity contribution in [3.63, 3.8) is 0 Å². The van der Waals surface area contributed by atoms with Gasteiger partial charge in [0.15, 0.2) is 0 Å². The molecule has 100 valence electrons. The molecular formula is C16H20N2O. The van der Waals surface area contributed by atoms with Crippen LogP contribution in [0.25, 0.3) is 0 Å². The van der Waals surface area contributed by atoms with E-state index in [1.165, 1.54) is 24.0 Å². The van der Waals surface area contributed by atoms with Gasteiger partial charge in [0, 0.05) is 19.1 Å². The lowest BCUT2D eigenvalue weighted by molar-refractivity contribution is -0.140. The fourth-order valence-electron chi connectivity index (χ4n) is 3.44. The maximum absolute atomic E-state index is 12.7. The van der Waals surface area contributed by atoms with Gasteiger partial charge in [-0.1, -0.05) is 24.3 Å². The van der Waals surface area contributed by atoms with E-state index in [0.29, 0.717) is 18.0 Å². The maximum Gasteiger partial charge on any atom is 0.229 e.